The fourth-order valence-electron chi connectivity index (χ4n) is 1.18. The minimum Gasteiger partial charge on any atom is -0.314 e. The lowest BCUT2D eigenvalue weighted by molar-refractivity contribution is 0.560. The number of H-pyrrole nitrogens is 1. The van der Waals surface area contributed by atoms with Crippen LogP contribution in [0.5, 0.6) is 0 Å². The highest BCUT2D eigenvalue weighted by Gasteiger charge is 2.16. The third-order valence-corrected chi connectivity index (χ3v) is 1.94. The topological polar surface area (TPSA) is 57.8 Å². The van der Waals surface area contributed by atoms with Crippen LogP contribution in [0.15, 0.2) is 10.9 Å². The Balaban J connectivity index is 3.14. The largest absolute Gasteiger partial charge is 0.345 e. The summed E-state index contributed by atoms with van der Waals surface area (Å²) < 4.78 is 0. The number of aromatic amines is 1. The maximum atomic E-state index is 11.2. The van der Waals surface area contributed by atoms with E-state index in [1.807, 2.05) is 33.9 Å². The van der Waals surface area contributed by atoms with Gasteiger partial charge >= 0.3 is 5.69 Å². The van der Waals surface area contributed by atoms with Gasteiger partial charge in [-0.25, -0.2) is 4.79 Å². The van der Waals surface area contributed by atoms with E-state index in [0.29, 0.717) is 6.54 Å². The van der Waals surface area contributed by atoms with Gasteiger partial charge in [-0.1, -0.05) is 20.8 Å². The lowest BCUT2D eigenvalue weighted by Gasteiger charge is -2.17. The third-order valence-electron chi connectivity index (χ3n) is 1.94. The lowest BCUT2D eigenvalue weighted by Crippen LogP contribution is -2.24. The molecule has 0 aromatic carbocycles. The Morgan fingerprint density at radius 2 is 2.14 bits per heavy atom. The van der Waals surface area contributed by atoms with Gasteiger partial charge in [0.15, 0.2) is 0 Å². The van der Waals surface area contributed by atoms with Crippen molar-refractivity contribution < 1.29 is 0 Å². The molecule has 1 heterocycles. The standard InChI is InChI=1S/C10H17N3O/c1-10(2,3)8-5-7(6-11-4)12-9(14)13-8/h5,11H,6H2,1-4H3,(H,12,13,14). The summed E-state index contributed by atoms with van der Waals surface area (Å²) in [5.74, 6) is 0. The molecular formula is C10H17N3O. The van der Waals surface area contributed by atoms with E-state index in [2.05, 4.69) is 15.3 Å². The zero-order chi connectivity index (χ0) is 10.8. The first-order valence-electron chi connectivity index (χ1n) is 4.69. The van der Waals surface area contributed by atoms with E-state index in [1.54, 1.807) is 0 Å². The van der Waals surface area contributed by atoms with Crippen LogP contribution >= 0.6 is 0 Å². The molecule has 1 aromatic heterocycles. The van der Waals surface area contributed by atoms with E-state index in [9.17, 15) is 4.79 Å². The molecule has 0 saturated carbocycles. The second-order valence-corrected chi connectivity index (χ2v) is 4.38. The van der Waals surface area contributed by atoms with Crippen LogP contribution in [-0.4, -0.2) is 17.0 Å². The van der Waals surface area contributed by atoms with Crippen LogP contribution in [0.4, 0.5) is 0 Å². The quantitative estimate of drug-likeness (QED) is 0.733. The van der Waals surface area contributed by atoms with E-state index >= 15 is 0 Å². The summed E-state index contributed by atoms with van der Waals surface area (Å²) in [6, 6.07) is 1.93. The summed E-state index contributed by atoms with van der Waals surface area (Å²) in [5, 5.41) is 2.99. The summed E-state index contributed by atoms with van der Waals surface area (Å²) in [6.45, 7) is 6.77. The van der Waals surface area contributed by atoms with Crippen molar-refractivity contribution in [1.82, 2.24) is 15.3 Å². The van der Waals surface area contributed by atoms with Crippen molar-refractivity contribution in [2.24, 2.45) is 0 Å². The van der Waals surface area contributed by atoms with Gasteiger partial charge in [-0.2, -0.15) is 4.98 Å². The van der Waals surface area contributed by atoms with Gasteiger partial charge in [-0.15, -0.1) is 0 Å². The normalized spacial score (nSPS) is 11.7. The minimum atomic E-state index is -0.275. The van der Waals surface area contributed by atoms with E-state index in [1.165, 1.54) is 0 Å². The Hall–Kier alpha value is -1.16. The Labute approximate surface area is 83.8 Å². The molecule has 0 aliphatic carbocycles. The minimum absolute atomic E-state index is 0.0866. The molecule has 2 N–H and O–H groups in total. The Morgan fingerprint density at radius 1 is 1.50 bits per heavy atom. The van der Waals surface area contributed by atoms with E-state index in [0.717, 1.165) is 11.4 Å². The molecular weight excluding hydrogens is 178 g/mol. The van der Waals surface area contributed by atoms with Crippen LogP contribution < -0.4 is 11.0 Å². The zero-order valence-electron chi connectivity index (χ0n) is 9.14. The van der Waals surface area contributed by atoms with Crippen LogP contribution in [0.25, 0.3) is 0 Å². The molecule has 14 heavy (non-hydrogen) atoms. The number of nitrogens with one attached hydrogen (secondary N) is 2. The molecule has 0 bridgehead atoms. The van der Waals surface area contributed by atoms with E-state index < -0.39 is 0 Å². The molecule has 0 fully saturated rings. The highest BCUT2D eigenvalue weighted by Crippen LogP contribution is 2.18. The van der Waals surface area contributed by atoms with Gasteiger partial charge in [-0.3, -0.25) is 0 Å². The van der Waals surface area contributed by atoms with Crippen LogP contribution in [0, 0.1) is 0 Å². The van der Waals surface area contributed by atoms with Crippen molar-refractivity contribution in [1.29, 1.82) is 0 Å². The summed E-state index contributed by atoms with van der Waals surface area (Å²) in [7, 11) is 1.84. The van der Waals surface area contributed by atoms with E-state index in [-0.39, 0.29) is 11.1 Å². The molecule has 0 saturated heterocycles. The van der Waals surface area contributed by atoms with Crippen molar-refractivity contribution in [3.8, 4) is 0 Å². The van der Waals surface area contributed by atoms with Crippen molar-refractivity contribution >= 4 is 0 Å². The van der Waals surface area contributed by atoms with Gasteiger partial charge in [0.25, 0.3) is 0 Å². The highest BCUT2D eigenvalue weighted by atomic mass is 16.1. The first kappa shape index (κ1) is 10.9. The first-order valence-corrected chi connectivity index (χ1v) is 4.69. The highest BCUT2D eigenvalue weighted by molar-refractivity contribution is 5.15. The van der Waals surface area contributed by atoms with Crippen LogP contribution in [0.3, 0.4) is 0 Å². The summed E-state index contributed by atoms with van der Waals surface area (Å²) in [4.78, 5) is 17.9. The average molecular weight is 195 g/mol. The molecule has 4 heteroatoms. The molecule has 4 nitrogen and oxygen atoms in total. The Bertz CT molecular complexity index is 362. The van der Waals surface area contributed by atoms with Gasteiger partial charge in [0.1, 0.15) is 0 Å². The Morgan fingerprint density at radius 3 is 2.64 bits per heavy atom. The lowest BCUT2D eigenvalue weighted by atomic mass is 9.91. The summed E-state index contributed by atoms with van der Waals surface area (Å²) in [6.07, 6.45) is 0. The second-order valence-electron chi connectivity index (χ2n) is 4.38. The SMILES string of the molecule is CNCc1cc(C(C)(C)C)nc(=O)[nH]1. The molecule has 78 valence electrons. The zero-order valence-corrected chi connectivity index (χ0v) is 9.14. The molecule has 0 unspecified atom stereocenters. The maximum Gasteiger partial charge on any atom is 0.345 e. The van der Waals surface area contributed by atoms with E-state index in [4.69, 9.17) is 0 Å². The van der Waals surface area contributed by atoms with Crippen LogP contribution in [0.1, 0.15) is 32.2 Å². The smallest absolute Gasteiger partial charge is 0.314 e. The molecule has 0 atom stereocenters. The van der Waals surface area contributed by atoms with Gasteiger partial charge in [0, 0.05) is 17.7 Å². The fourth-order valence-corrected chi connectivity index (χ4v) is 1.18. The van der Waals surface area contributed by atoms with Crippen molar-refractivity contribution in [2.75, 3.05) is 7.05 Å². The van der Waals surface area contributed by atoms with Crippen molar-refractivity contribution in [3.63, 3.8) is 0 Å². The second kappa shape index (κ2) is 3.92. The number of hydrogen-bond acceptors (Lipinski definition) is 3. The molecule has 0 radical (unpaired) electrons. The van der Waals surface area contributed by atoms with Crippen molar-refractivity contribution in [2.45, 2.75) is 32.7 Å². The maximum absolute atomic E-state index is 11.2. The van der Waals surface area contributed by atoms with Crippen LogP contribution in [0.2, 0.25) is 0 Å². The third kappa shape index (κ3) is 2.67. The summed E-state index contributed by atoms with van der Waals surface area (Å²) >= 11 is 0. The van der Waals surface area contributed by atoms with Gasteiger partial charge in [-0.05, 0) is 13.1 Å². The average Bonchev–Trinajstić information content (AvgIpc) is 2.02. The summed E-state index contributed by atoms with van der Waals surface area (Å²) in [5.41, 5.74) is 1.34. The number of aromatic nitrogens is 2. The molecule has 0 aliphatic heterocycles. The molecule has 0 aliphatic rings. The molecule has 0 spiro atoms. The van der Waals surface area contributed by atoms with Gasteiger partial charge in [0.2, 0.25) is 0 Å². The number of rotatable bonds is 2. The van der Waals surface area contributed by atoms with Crippen LogP contribution in [-0.2, 0) is 12.0 Å². The predicted octanol–water partition coefficient (Wildman–Crippen LogP) is 0.787. The van der Waals surface area contributed by atoms with Gasteiger partial charge < -0.3 is 10.3 Å². The molecule has 1 rings (SSSR count). The van der Waals surface area contributed by atoms with Crippen molar-refractivity contribution in [3.05, 3.63) is 27.9 Å². The molecule has 1 aromatic rings. The fraction of sp³-hybridized carbons (Fsp3) is 0.600. The predicted molar refractivity (Wildman–Crippen MR) is 56.3 cm³/mol. The number of hydrogen-bond donors (Lipinski definition) is 2. The first-order chi connectivity index (χ1) is 6.43. The Kier molecular flexibility index (Phi) is 3.06. The number of nitrogens with zero attached hydrogens (tertiary/aromatic N) is 1. The molecule has 0 amide bonds. The monoisotopic (exact) mass is 195 g/mol. The van der Waals surface area contributed by atoms with Gasteiger partial charge in [0.05, 0.1) is 5.69 Å².